The fraction of sp³-hybridized carbons (Fsp3) is 0.750. The van der Waals surface area contributed by atoms with Gasteiger partial charge in [0.25, 0.3) is 0 Å². The maximum Gasteiger partial charge on any atom is 0.242 e. The van der Waals surface area contributed by atoms with Crippen molar-refractivity contribution in [1.82, 2.24) is 4.90 Å². The van der Waals surface area contributed by atoms with Crippen molar-refractivity contribution in [3.8, 4) is 6.07 Å². The highest BCUT2D eigenvalue weighted by molar-refractivity contribution is 5.86. The van der Waals surface area contributed by atoms with Crippen molar-refractivity contribution in [2.75, 3.05) is 6.54 Å². The van der Waals surface area contributed by atoms with Gasteiger partial charge < -0.3 is 10.6 Å². The Morgan fingerprint density at radius 1 is 1.41 bits per heavy atom. The molecule has 1 heterocycles. The van der Waals surface area contributed by atoms with Crippen LogP contribution in [0.2, 0.25) is 0 Å². The summed E-state index contributed by atoms with van der Waals surface area (Å²) in [4.78, 5) is 25.0. The number of hydrogen-bond acceptors (Lipinski definition) is 3. The summed E-state index contributed by atoms with van der Waals surface area (Å²) >= 11 is 0. The molecule has 5 heteroatoms. The number of rotatable bonds is 2. The molecule has 0 bridgehead atoms. The zero-order chi connectivity index (χ0) is 13.2. The molecule has 0 aromatic rings. The second-order valence-electron chi connectivity index (χ2n) is 5.22. The molecule has 2 N–H and O–H groups in total. The first-order valence-electron chi connectivity index (χ1n) is 5.81. The fourth-order valence-electron chi connectivity index (χ4n) is 2.03. The summed E-state index contributed by atoms with van der Waals surface area (Å²) in [5, 5.41) is 8.97. The van der Waals surface area contributed by atoms with E-state index in [0.29, 0.717) is 13.0 Å². The van der Waals surface area contributed by atoms with Crippen LogP contribution in [0.5, 0.6) is 0 Å². The molecule has 1 aliphatic rings. The SMILES string of the molecule is CC1CCC(C(N)=O)CN1C(=O)C(C)(C)C#N. The van der Waals surface area contributed by atoms with Gasteiger partial charge in [-0.2, -0.15) is 5.26 Å². The number of primary amides is 1. The molecule has 0 aliphatic carbocycles. The Morgan fingerprint density at radius 2 is 2.00 bits per heavy atom. The molecule has 1 aliphatic heterocycles. The van der Waals surface area contributed by atoms with E-state index in [-0.39, 0.29) is 23.8 Å². The van der Waals surface area contributed by atoms with Gasteiger partial charge in [0.05, 0.1) is 12.0 Å². The molecule has 2 amide bonds. The molecule has 1 fully saturated rings. The minimum Gasteiger partial charge on any atom is -0.369 e. The average Bonchev–Trinajstić information content (AvgIpc) is 2.28. The first-order chi connectivity index (χ1) is 7.79. The number of nitrogens with zero attached hydrogens (tertiary/aromatic N) is 2. The van der Waals surface area contributed by atoms with E-state index in [2.05, 4.69) is 0 Å². The Hall–Kier alpha value is -1.57. The van der Waals surface area contributed by atoms with Crippen molar-refractivity contribution in [3.05, 3.63) is 0 Å². The number of piperidine rings is 1. The second-order valence-corrected chi connectivity index (χ2v) is 5.22. The number of carbonyl (C=O) groups excluding carboxylic acids is 2. The summed E-state index contributed by atoms with van der Waals surface area (Å²) in [6.07, 6.45) is 1.47. The molecule has 17 heavy (non-hydrogen) atoms. The van der Waals surface area contributed by atoms with Gasteiger partial charge in [0.1, 0.15) is 5.41 Å². The minimum atomic E-state index is -1.05. The summed E-state index contributed by atoms with van der Waals surface area (Å²) in [5.74, 6) is -0.882. The van der Waals surface area contributed by atoms with Crippen molar-refractivity contribution in [3.63, 3.8) is 0 Å². The van der Waals surface area contributed by atoms with E-state index < -0.39 is 5.41 Å². The highest BCUT2D eigenvalue weighted by atomic mass is 16.2. The summed E-state index contributed by atoms with van der Waals surface area (Å²) in [5.41, 5.74) is 4.23. The molecule has 1 saturated heterocycles. The van der Waals surface area contributed by atoms with Gasteiger partial charge in [-0.25, -0.2) is 0 Å². The van der Waals surface area contributed by atoms with E-state index in [4.69, 9.17) is 11.0 Å². The third-order valence-corrected chi connectivity index (χ3v) is 3.36. The van der Waals surface area contributed by atoms with Gasteiger partial charge in [-0.1, -0.05) is 0 Å². The van der Waals surface area contributed by atoms with E-state index in [1.807, 2.05) is 13.0 Å². The van der Waals surface area contributed by atoms with Crippen LogP contribution in [0.4, 0.5) is 0 Å². The van der Waals surface area contributed by atoms with Crippen LogP contribution in [0, 0.1) is 22.7 Å². The van der Waals surface area contributed by atoms with Gasteiger partial charge in [0, 0.05) is 12.6 Å². The van der Waals surface area contributed by atoms with Crippen LogP contribution < -0.4 is 5.73 Å². The second kappa shape index (κ2) is 4.74. The Morgan fingerprint density at radius 3 is 2.47 bits per heavy atom. The van der Waals surface area contributed by atoms with Crippen molar-refractivity contribution >= 4 is 11.8 Å². The Labute approximate surface area is 102 Å². The smallest absolute Gasteiger partial charge is 0.242 e. The third kappa shape index (κ3) is 2.76. The molecule has 0 saturated carbocycles. The molecule has 0 radical (unpaired) electrons. The van der Waals surface area contributed by atoms with Gasteiger partial charge in [-0.05, 0) is 33.6 Å². The highest BCUT2D eigenvalue weighted by Crippen LogP contribution is 2.27. The molecule has 2 atom stereocenters. The zero-order valence-corrected chi connectivity index (χ0v) is 10.6. The molecule has 2 unspecified atom stereocenters. The van der Waals surface area contributed by atoms with Crippen LogP contribution >= 0.6 is 0 Å². The lowest BCUT2D eigenvalue weighted by atomic mass is 9.88. The molecule has 5 nitrogen and oxygen atoms in total. The maximum absolute atomic E-state index is 12.2. The van der Waals surface area contributed by atoms with Crippen LogP contribution in [0.15, 0.2) is 0 Å². The topological polar surface area (TPSA) is 87.2 Å². The number of amides is 2. The molecular weight excluding hydrogens is 218 g/mol. The number of likely N-dealkylation sites (tertiary alicyclic amines) is 1. The number of hydrogen-bond donors (Lipinski definition) is 1. The van der Waals surface area contributed by atoms with E-state index in [9.17, 15) is 9.59 Å². The van der Waals surface area contributed by atoms with E-state index in [1.165, 1.54) is 0 Å². The first-order valence-corrected chi connectivity index (χ1v) is 5.81. The van der Waals surface area contributed by atoms with E-state index >= 15 is 0 Å². The van der Waals surface area contributed by atoms with Crippen LogP contribution in [0.1, 0.15) is 33.6 Å². The van der Waals surface area contributed by atoms with Gasteiger partial charge >= 0.3 is 0 Å². The molecule has 0 spiro atoms. The summed E-state index contributed by atoms with van der Waals surface area (Å²) in [6, 6.07) is 2.06. The largest absolute Gasteiger partial charge is 0.369 e. The third-order valence-electron chi connectivity index (χ3n) is 3.36. The normalized spacial score (nSPS) is 25.2. The maximum atomic E-state index is 12.2. The summed E-state index contributed by atoms with van der Waals surface area (Å²) in [7, 11) is 0. The Kier molecular flexibility index (Phi) is 3.76. The fourth-order valence-corrected chi connectivity index (χ4v) is 2.03. The van der Waals surface area contributed by atoms with Crippen LogP contribution in [0.3, 0.4) is 0 Å². The zero-order valence-electron chi connectivity index (χ0n) is 10.6. The van der Waals surface area contributed by atoms with Crippen LogP contribution in [-0.2, 0) is 9.59 Å². The van der Waals surface area contributed by atoms with E-state index in [0.717, 1.165) is 6.42 Å². The first kappa shape index (κ1) is 13.5. The lowest BCUT2D eigenvalue weighted by Crippen LogP contribution is -2.52. The van der Waals surface area contributed by atoms with Gasteiger partial charge in [0.15, 0.2) is 0 Å². The summed E-state index contributed by atoms with van der Waals surface area (Å²) < 4.78 is 0. The quantitative estimate of drug-likeness (QED) is 0.764. The predicted molar refractivity (Wildman–Crippen MR) is 62.5 cm³/mol. The minimum absolute atomic E-state index is 0.0609. The molecule has 94 valence electrons. The van der Waals surface area contributed by atoms with Crippen molar-refractivity contribution < 1.29 is 9.59 Å². The molecule has 0 aromatic carbocycles. The van der Waals surface area contributed by atoms with E-state index in [1.54, 1.807) is 18.7 Å². The number of carbonyl (C=O) groups is 2. The number of nitriles is 1. The molecular formula is C12H19N3O2. The molecule has 1 rings (SSSR count). The van der Waals surface area contributed by atoms with Gasteiger partial charge in [0.2, 0.25) is 11.8 Å². The average molecular weight is 237 g/mol. The molecule has 0 aromatic heterocycles. The van der Waals surface area contributed by atoms with Gasteiger partial charge in [-0.15, -0.1) is 0 Å². The monoisotopic (exact) mass is 237 g/mol. The lowest BCUT2D eigenvalue weighted by Gasteiger charge is -2.39. The number of nitrogens with two attached hydrogens (primary N) is 1. The highest BCUT2D eigenvalue weighted by Gasteiger charge is 2.38. The predicted octanol–water partition coefficient (Wildman–Crippen LogP) is 0.649. The Balaban J connectivity index is 2.85. The van der Waals surface area contributed by atoms with Gasteiger partial charge in [-0.3, -0.25) is 9.59 Å². The summed E-state index contributed by atoms with van der Waals surface area (Å²) in [6.45, 7) is 5.45. The Bertz CT molecular complexity index is 370. The van der Waals surface area contributed by atoms with Crippen molar-refractivity contribution in [2.24, 2.45) is 17.1 Å². The van der Waals surface area contributed by atoms with Crippen molar-refractivity contribution in [1.29, 1.82) is 5.26 Å². The van der Waals surface area contributed by atoms with Crippen molar-refractivity contribution in [2.45, 2.75) is 39.7 Å². The van der Waals surface area contributed by atoms with Crippen LogP contribution in [-0.4, -0.2) is 29.3 Å². The lowest BCUT2D eigenvalue weighted by molar-refractivity contribution is -0.143. The standard InChI is InChI=1S/C12H19N3O2/c1-8-4-5-9(10(14)16)6-15(8)11(17)12(2,3)7-13/h8-9H,4-6H2,1-3H3,(H2,14,16). The van der Waals surface area contributed by atoms with Crippen LogP contribution in [0.25, 0.3) is 0 Å².